The maximum absolute atomic E-state index is 11.5. The molecule has 3 nitrogen and oxygen atoms in total. The number of rotatable bonds is 5. The van der Waals surface area contributed by atoms with Gasteiger partial charge in [-0.1, -0.05) is 6.92 Å². The summed E-state index contributed by atoms with van der Waals surface area (Å²) < 4.78 is 22.9. The van der Waals surface area contributed by atoms with Crippen LogP contribution < -0.4 is 5.73 Å². The lowest BCUT2D eigenvalue weighted by molar-refractivity contribution is 0.265. The van der Waals surface area contributed by atoms with Gasteiger partial charge in [-0.2, -0.15) is 0 Å². The first-order valence-corrected chi connectivity index (χ1v) is 7.73. The van der Waals surface area contributed by atoms with Gasteiger partial charge < -0.3 is 5.73 Å². The number of fused-ring (bicyclic) bond motifs is 1. The Kier molecular flexibility index (Phi) is 2.84. The Morgan fingerprint density at radius 1 is 1.33 bits per heavy atom. The van der Waals surface area contributed by atoms with Crippen molar-refractivity contribution in [3.63, 3.8) is 0 Å². The van der Waals surface area contributed by atoms with Crippen LogP contribution in [-0.4, -0.2) is 26.5 Å². The first kappa shape index (κ1) is 11.4. The molecule has 0 aliphatic heterocycles. The summed E-state index contributed by atoms with van der Waals surface area (Å²) in [4.78, 5) is 0. The van der Waals surface area contributed by atoms with Crippen LogP contribution in [0.2, 0.25) is 0 Å². The van der Waals surface area contributed by atoms with Crippen LogP contribution in [0.4, 0.5) is 0 Å². The Labute approximate surface area is 92.3 Å². The van der Waals surface area contributed by atoms with Gasteiger partial charge in [0.05, 0.1) is 5.75 Å². The van der Waals surface area contributed by atoms with Crippen molar-refractivity contribution >= 4 is 9.84 Å². The van der Waals surface area contributed by atoms with Crippen LogP contribution in [-0.2, 0) is 9.84 Å². The molecule has 0 radical (unpaired) electrons. The van der Waals surface area contributed by atoms with Gasteiger partial charge >= 0.3 is 0 Å². The zero-order chi connectivity index (χ0) is 11.1. The van der Waals surface area contributed by atoms with Crippen molar-refractivity contribution in [1.82, 2.24) is 0 Å². The standard InChI is InChI=1S/C11H21NO2S/c1-2-15(13,14)4-3-11(8-12)6-9-5-10(9)7-11/h9-10H,2-8,12H2,1H3. The molecule has 2 saturated carbocycles. The van der Waals surface area contributed by atoms with Crippen molar-refractivity contribution in [2.75, 3.05) is 18.1 Å². The molecule has 88 valence electrons. The van der Waals surface area contributed by atoms with Gasteiger partial charge in [-0.25, -0.2) is 8.42 Å². The maximum Gasteiger partial charge on any atom is 0.150 e. The Bertz CT molecular complexity index is 326. The summed E-state index contributed by atoms with van der Waals surface area (Å²) >= 11 is 0. The van der Waals surface area contributed by atoms with Crippen LogP contribution in [0.15, 0.2) is 0 Å². The summed E-state index contributed by atoms with van der Waals surface area (Å²) in [5.74, 6) is 2.34. The van der Waals surface area contributed by atoms with Crippen LogP contribution in [0.25, 0.3) is 0 Å². The second-order valence-corrected chi connectivity index (χ2v) is 7.83. The summed E-state index contributed by atoms with van der Waals surface area (Å²) in [7, 11) is -2.81. The van der Waals surface area contributed by atoms with Gasteiger partial charge in [0.2, 0.25) is 0 Å². The molecule has 0 spiro atoms. The van der Waals surface area contributed by atoms with Gasteiger partial charge in [-0.3, -0.25) is 0 Å². The number of hydrogen-bond donors (Lipinski definition) is 1. The van der Waals surface area contributed by atoms with E-state index < -0.39 is 9.84 Å². The van der Waals surface area contributed by atoms with Crippen LogP contribution in [0, 0.1) is 17.3 Å². The lowest BCUT2D eigenvalue weighted by atomic mass is 9.80. The minimum absolute atomic E-state index is 0.163. The summed E-state index contributed by atoms with van der Waals surface area (Å²) in [5.41, 5.74) is 5.99. The Balaban J connectivity index is 1.92. The highest BCUT2D eigenvalue weighted by molar-refractivity contribution is 7.91. The molecular weight excluding hydrogens is 210 g/mol. The number of nitrogens with two attached hydrogens (primary N) is 1. The van der Waals surface area contributed by atoms with E-state index in [0.29, 0.717) is 12.3 Å². The van der Waals surface area contributed by atoms with E-state index in [4.69, 9.17) is 5.73 Å². The number of hydrogen-bond acceptors (Lipinski definition) is 3. The summed E-state index contributed by atoms with van der Waals surface area (Å²) in [6.45, 7) is 2.38. The molecule has 0 aromatic heterocycles. The van der Waals surface area contributed by atoms with Gasteiger partial charge in [-0.15, -0.1) is 0 Å². The molecular formula is C11H21NO2S. The van der Waals surface area contributed by atoms with E-state index in [1.54, 1.807) is 6.92 Å². The largest absolute Gasteiger partial charge is 0.330 e. The Morgan fingerprint density at radius 2 is 1.93 bits per heavy atom. The third-order valence-electron chi connectivity index (χ3n) is 4.28. The minimum Gasteiger partial charge on any atom is -0.330 e. The molecule has 2 aliphatic carbocycles. The molecule has 2 unspecified atom stereocenters. The second-order valence-electron chi connectivity index (χ2n) is 5.35. The van der Waals surface area contributed by atoms with Gasteiger partial charge in [0.1, 0.15) is 9.84 Å². The molecule has 0 heterocycles. The highest BCUT2D eigenvalue weighted by Crippen LogP contribution is 2.60. The topological polar surface area (TPSA) is 60.2 Å². The van der Waals surface area contributed by atoms with E-state index >= 15 is 0 Å². The SMILES string of the molecule is CCS(=O)(=O)CCC1(CN)CC2CC2C1. The molecule has 2 fully saturated rings. The summed E-state index contributed by atoms with van der Waals surface area (Å²) in [5, 5.41) is 0. The molecule has 15 heavy (non-hydrogen) atoms. The highest BCUT2D eigenvalue weighted by Gasteiger charge is 2.52. The average molecular weight is 231 g/mol. The third-order valence-corrected chi connectivity index (χ3v) is 5.98. The molecule has 2 N–H and O–H groups in total. The van der Waals surface area contributed by atoms with E-state index in [9.17, 15) is 8.42 Å². The molecule has 0 aromatic rings. The van der Waals surface area contributed by atoms with E-state index in [0.717, 1.165) is 18.3 Å². The van der Waals surface area contributed by atoms with E-state index in [2.05, 4.69) is 0 Å². The van der Waals surface area contributed by atoms with Gasteiger partial charge in [-0.05, 0) is 49.5 Å². The predicted molar refractivity (Wildman–Crippen MR) is 61.3 cm³/mol. The van der Waals surface area contributed by atoms with Crippen molar-refractivity contribution in [3.8, 4) is 0 Å². The monoisotopic (exact) mass is 231 g/mol. The average Bonchev–Trinajstić information content (AvgIpc) is 2.84. The first-order valence-electron chi connectivity index (χ1n) is 5.91. The maximum atomic E-state index is 11.5. The zero-order valence-corrected chi connectivity index (χ0v) is 10.2. The number of sulfone groups is 1. The molecule has 2 atom stereocenters. The smallest absolute Gasteiger partial charge is 0.150 e. The van der Waals surface area contributed by atoms with Gasteiger partial charge in [0.25, 0.3) is 0 Å². The van der Waals surface area contributed by atoms with Crippen molar-refractivity contribution in [1.29, 1.82) is 0 Å². The molecule has 0 aromatic carbocycles. The zero-order valence-electron chi connectivity index (χ0n) is 9.41. The van der Waals surface area contributed by atoms with Crippen molar-refractivity contribution in [3.05, 3.63) is 0 Å². The van der Waals surface area contributed by atoms with Crippen molar-refractivity contribution in [2.24, 2.45) is 23.0 Å². The second kappa shape index (κ2) is 3.74. The van der Waals surface area contributed by atoms with Crippen molar-refractivity contribution in [2.45, 2.75) is 32.6 Å². The Morgan fingerprint density at radius 3 is 2.40 bits per heavy atom. The van der Waals surface area contributed by atoms with Crippen LogP contribution >= 0.6 is 0 Å². The molecule has 0 saturated heterocycles. The van der Waals surface area contributed by atoms with E-state index in [1.807, 2.05) is 0 Å². The molecule has 0 amide bonds. The molecule has 2 aliphatic rings. The van der Waals surface area contributed by atoms with Crippen LogP contribution in [0.5, 0.6) is 0 Å². The first-order chi connectivity index (χ1) is 7.00. The fourth-order valence-corrected chi connectivity index (χ4v) is 4.03. The molecule has 2 rings (SSSR count). The third kappa shape index (κ3) is 2.36. The minimum atomic E-state index is -2.81. The van der Waals surface area contributed by atoms with Crippen LogP contribution in [0.3, 0.4) is 0 Å². The fraction of sp³-hybridized carbons (Fsp3) is 1.00. The van der Waals surface area contributed by atoms with Gasteiger partial charge in [0, 0.05) is 5.75 Å². The van der Waals surface area contributed by atoms with E-state index in [1.165, 1.54) is 19.3 Å². The lowest BCUT2D eigenvalue weighted by Gasteiger charge is -2.29. The van der Waals surface area contributed by atoms with Crippen molar-refractivity contribution < 1.29 is 8.42 Å². The lowest BCUT2D eigenvalue weighted by Crippen LogP contribution is -2.31. The molecule has 4 heteroatoms. The van der Waals surface area contributed by atoms with Gasteiger partial charge in [0.15, 0.2) is 0 Å². The predicted octanol–water partition coefficient (Wildman–Crippen LogP) is 1.19. The normalized spacial score (nSPS) is 39.1. The summed E-state index contributed by atoms with van der Waals surface area (Å²) in [6.07, 6.45) is 4.50. The Hall–Kier alpha value is -0.0900. The fourth-order valence-electron chi connectivity index (χ4n) is 3.00. The van der Waals surface area contributed by atoms with E-state index in [-0.39, 0.29) is 11.2 Å². The molecule has 0 bridgehead atoms. The highest BCUT2D eigenvalue weighted by atomic mass is 32.2. The summed E-state index contributed by atoms with van der Waals surface area (Å²) in [6, 6.07) is 0. The quantitative estimate of drug-likeness (QED) is 0.773. The van der Waals surface area contributed by atoms with Crippen LogP contribution in [0.1, 0.15) is 32.6 Å².